The van der Waals surface area contributed by atoms with Gasteiger partial charge < -0.3 is 10.2 Å². The van der Waals surface area contributed by atoms with Gasteiger partial charge in [0, 0.05) is 6.04 Å². The molecule has 122 valence electrons. The van der Waals surface area contributed by atoms with Crippen LogP contribution in [0.1, 0.15) is 61.8 Å². The van der Waals surface area contributed by atoms with Crippen LogP contribution in [0.3, 0.4) is 0 Å². The highest BCUT2D eigenvalue weighted by Crippen LogP contribution is 2.31. The Bertz CT molecular complexity index is 396. The van der Waals surface area contributed by atoms with Crippen LogP contribution in [0.5, 0.6) is 0 Å². The van der Waals surface area contributed by atoms with Crippen LogP contribution >= 0.6 is 0 Å². The van der Waals surface area contributed by atoms with Gasteiger partial charge in [0.05, 0.1) is 0 Å². The molecule has 0 aromatic carbocycles. The maximum absolute atomic E-state index is 13.0. The number of piperazine rings is 1. The number of carbonyl (C=O) groups is 2. The highest BCUT2D eigenvalue weighted by Gasteiger charge is 2.48. The van der Waals surface area contributed by atoms with Crippen LogP contribution in [0.4, 0.5) is 0 Å². The average molecular weight is 296 g/mol. The van der Waals surface area contributed by atoms with Crippen molar-refractivity contribution in [2.75, 3.05) is 0 Å². The van der Waals surface area contributed by atoms with Crippen molar-refractivity contribution in [2.24, 2.45) is 17.3 Å². The van der Waals surface area contributed by atoms with E-state index in [-0.39, 0.29) is 35.2 Å². The second kappa shape index (κ2) is 6.37. The van der Waals surface area contributed by atoms with E-state index in [4.69, 9.17) is 0 Å². The van der Waals surface area contributed by atoms with Crippen LogP contribution < -0.4 is 5.32 Å². The fourth-order valence-corrected chi connectivity index (χ4v) is 3.27. The molecule has 0 saturated carbocycles. The molecule has 4 nitrogen and oxygen atoms in total. The molecule has 0 aliphatic carbocycles. The Morgan fingerprint density at radius 2 is 1.67 bits per heavy atom. The van der Waals surface area contributed by atoms with Crippen molar-refractivity contribution in [3.63, 3.8) is 0 Å². The second-order valence-electron chi connectivity index (χ2n) is 7.96. The summed E-state index contributed by atoms with van der Waals surface area (Å²) in [6, 6.07) is -0.683. The first-order chi connectivity index (χ1) is 9.52. The standard InChI is InChI=1S/C17H32N2O2/c1-9-12(10(2)3)19-13(11(4)5)15(20)18-14(16(19)21)17(6,7)8/h10-14H,9H2,1-8H3,(H,18,20). The first kappa shape index (κ1) is 18.0. The summed E-state index contributed by atoms with van der Waals surface area (Å²) >= 11 is 0. The van der Waals surface area contributed by atoms with E-state index in [1.807, 2.05) is 39.5 Å². The van der Waals surface area contributed by atoms with E-state index in [9.17, 15) is 9.59 Å². The topological polar surface area (TPSA) is 49.4 Å². The quantitative estimate of drug-likeness (QED) is 0.867. The lowest BCUT2D eigenvalue weighted by Crippen LogP contribution is -2.70. The van der Waals surface area contributed by atoms with Gasteiger partial charge in [0.25, 0.3) is 0 Å². The van der Waals surface area contributed by atoms with Crippen LogP contribution in [0, 0.1) is 17.3 Å². The summed E-state index contributed by atoms with van der Waals surface area (Å²) in [7, 11) is 0. The van der Waals surface area contributed by atoms with E-state index < -0.39 is 6.04 Å². The molecule has 0 aromatic rings. The Balaban J connectivity index is 3.27. The minimum atomic E-state index is -0.437. The Morgan fingerprint density at radius 1 is 1.14 bits per heavy atom. The lowest BCUT2D eigenvalue weighted by atomic mass is 9.81. The molecule has 21 heavy (non-hydrogen) atoms. The van der Waals surface area contributed by atoms with E-state index in [0.29, 0.717) is 5.92 Å². The first-order valence-corrected chi connectivity index (χ1v) is 8.14. The fraction of sp³-hybridized carbons (Fsp3) is 0.882. The molecule has 2 amide bonds. The predicted molar refractivity (Wildman–Crippen MR) is 85.8 cm³/mol. The molecule has 1 N–H and O–H groups in total. The van der Waals surface area contributed by atoms with Gasteiger partial charge in [-0.15, -0.1) is 0 Å². The van der Waals surface area contributed by atoms with Crippen LogP contribution in [-0.2, 0) is 9.59 Å². The molecular formula is C17H32N2O2. The fourth-order valence-electron chi connectivity index (χ4n) is 3.27. The molecule has 1 saturated heterocycles. The number of nitrogens with one attached hydrogen (secondary N) is 1. The van der Waals surface area contributed by atoms with Crippen molar-refractivity contribution in [3.8, 4) is 0 Å². The summed E-state index contributed by atoms with van der Waals surface area (Å²) in [6.45, 7) is 16.4. The molecule has 0 spiro atoms. The van der Waals surface area contributed by atoms with Gasteiger partial charge in [-0.25, -0.2) is 0 Å². The van der Waals surface area contributed by atoms with Crippen molar-refractivity contribution >= 4 is 11.8 Å². The molecule has 1 heterocycles. The van der Waals surface area contributed by atoms with E-state index >= 15 is 0 Å². The molecule has 3 atom stereocenters. The number of rotatable bonds is 4. The van der Waals surface area contributed by atoms with E-state index in [1.54, 1.807) is 0 Å². The number of hydrogen-bond donors (Lipinski definition) is 1. The zero-order chi connectivity index (χ0) is 16.5. The van der Waals surface area contributed by atoms with Gasteiger partial charge in [-0.3, -0.25) is 9.59 Å². The van der Waals surface area contributed by atoms with Crippen molar-refractivity contribution in [1.29, 1.82) is 0 Å². The molecule has 1 aliphatic rings. The molecule has 1 rings (SSSR count). The maximum atomic E-state index is 13.0. The summed E-state index contributed by atoms with van der Waals surface area (Å²) in [5.74, 6) is 0.513. The van der Waals surface area contributed by atoms with Crippen molar-refractivity contribution in [3.05, 3.63) is 0 Å². The molecule has 0 aromatic heterocycles. The lowest BCUT2D eigenvalue weighted by Gasteiger charge is -2.48. The Morgan fingerprint density at radius 3 is 2.00 bits per heavy atom. The summed E-state index contributed by atoms with van der Waals surface area (Å²) in [4.78, 5) is 27.5. The van der Waals surface area contributed by atoms with Gasteiger partial charge >= 0.3 is 0 Å². The Kier molecular flexibility index (Phi) is 5.46. The van der Waals surface area contributed by atoms with Gasteiger partial charge in [-0.2, -0.15) is 0 Å². The molecular weight excluding hydrogens is 264 g/mol. The van der Waals surface area contributed by atoms with Crippen LogP contribution in [0.15, 0.2) is 0 Å². The largest absolute Gasteiger partial charge is 0.342 e. The van der Waals surface area contributed by atoms with Crippen LogP contribution in [0.2, 0.25) is 0 Å². The van der Waals surface area contributed by atoms with Gasteiger partial charge in [0.1, 0.15) is 12.1 Å². The summed E-state index contributed by atoms with van der Waals surface area (Å²) in [5, 5.41) is 2.96. The highest BCUT2D eigenvalue weighted by molar-refractivity contribution is 5.97. The molecule has 4 heteroatoms. The van der Waals surface area contributed by atoms with Crippen molar-refractivity contribution < 1.29 is 9.59 Å². The molecule has 0 radical (unpaired) electrons. The van der Waals surface area contributed by atoms with E-state index in [2.05, 4.69) is 26.1 Å². The highest BCUT2D eigenvalue weighted by atomic mass is 16.2. The normalized spacial score (nSPS) is 25.5. The molecule has 3 unspecified atom stereocenters. The van der Waals surface area contributed by atoms with Crippen LogP contribution in [-0.4, -0.2) is 34.8 Å². The predicted octanol–water partition coefficient (Wildman–Crippen LogP) is 2.82. The number of carbonyl (C=O) groups excluding carboxylic acids is 2. The number of amides is 2. The van der Waals surface area contributed by atoms with E-state index in [0.717, 1.165) is 6.42 Å². The van der Waals surface area contributed by atoms with Gasteiger partial charge in [0.15, 0.2) is 0 Å². The molecule has 0 bridgehead atoms. The minimum absolute atomic E-state index is 0.0105. The molecule has 1 fully saturated rings. The Labute approximate surface area is 129 Å². The van der Waals surface area contributed by atoms with Crippen LogP contribution in [0.25, 0.3) is 0 Å². The number of hydrogen-bond acceptors (Lipinski definition) is 2. The third-order valence-corrected chi connectivity index (χ3v) is 4.40. The third kappa shape index (κ3) is 3.58. The van der Waals surface area contributed by atoms with Crippen molar-refractivity contribution in [1.82, 2.24) is 10.2 Å². The van der Waals surface area contributed by atoms with Crippen molar-refractivity contribution in [2.45, 2.75) is 79.9 Å². The van der Waals surface area contributed by atoms with E-state index in [1.165, 1.54) is 0 Å². The monoisotopic (exact) mass is 296 g/mol. The second-order valence-corrected chi connectivity index (χ2v) is 7.96. The SMILES string of the molecule is CCC(C(C)C)N1C(=O)C(C(C)(C)C)NC(=O)C1C(C)C. The van der Waals surface area contributed by atoms with Gasteiger partial charge in [-0.05, 0) is 23.7 Å². The third-order valence-electron chi connectivity index (χ3n) is 4.40. The minimum Gasteiger partial charge on any atom is -0.342 e. The first-order valence-electron chi connectivity index (χ1n) is 8.14. The molecule has 1 aliphatic heterocycles. The summed E-state index contributed by atoms with van der Waals surface area (Å²) in [5.41, 5.74) is -0.276. The summed E-state index contributed by atoms with van der Waals surface area (Å²) < 4.78 is 0. The lowest BCUT2D eigenvalue weighted by molar-refractivity contribution is -0.158. The summed E-state index contributed by atoms with van der Waals surface area (Å²) in [6.07, 6.45) is 0.872. The number of nitrogens with zero attached hydrogens (tertiary/aromatic N) is 1. The zero-order valence-corrected chi connectivity index (χ0v) is 14.9. The van der Waals surface area contributed by atoms with Gasteiger partial charge in [0.2, 0.25) is 11.8 Å². The zero-order valence-electron chi connectivity index (χ0n) is 14.9. The smallest absolute Gasteiger partial charge is 0.246 e. The van der Waals surface area contributed by atoms with Gasteiger partial charge in [-0.1, -0.05) is 55.4 Å². The Hall–Kier alpha value is -1.06. The average Bonchev–Trinajstić information content (AvgIpc) is 2.31. The maximum Gasteiger partial charge on any atom is 0.246 e.